The van der Waals surface area contributed by atoms with E-state index in [-0.39, 0.29) is 17.2 Å². The number of anilines is 1. The first-order chi connectivity index (χ1) is 9.79. The van der Waals surface area contributed by atoms with E-state index in [9.17, 15) is 4.79 Å². The number of fused-ring (bicyclic) bond motifs is 2. The highest BCUT2D eigenvalue weighted by Crippen LogP contribution is 2.65. The lowest BCUT2D eigenvalue weighted by Gasteiger charge is -2.15. The second-order valence-electron chi connectivity index (χ2n) is 5.55. The summed E-state index contributed by atoms with van der Waals surface area (Å²) in [5.74, 6) is 0.478. The molecular weight excluding hydrogens is 248 g/mol. The van der Waals surface area contributed by atoms with E-state index >= 15 is 0 Å². The summed E-state index contributed by atoms with van der Waals surface area (Å²) in [6.07, 6.45) is 2.70. The van der Waals surface area contributed by atoms with Gasteiger partial charge in [-0.1, -0.05) is 24.3 Å². The molecule has 20 heavy (non-hydrogen) atoms. The van der Waals surface area contributed by atoms with Gasteiger partial charge in [0, 0.05) is 30.0 Å². The number of hydrogen-bond acceptors (Lipinski definition) is 2. The van der Waals surface area contributed by atoms with Crippen LogP contribution in [0.4, 0.5) is 5.69 Å². The van der Waals surface area contributed by atoms with Crippen LogP contribution >= 0.6 is 0 Å². The summed E-state index contributed by atoms with van der Waals surface area (Å²) in [5, 5.41) is 0. The number of aromatic nitrogens is 1. The van der Waals surface area contributed by atoms with E-state index in [2.05, 4.69) is 17.1 Å². The van der Waals surface area contributed by atoms with Crippen molar-refractivity contribution >= 4 is 11.6 Å². The summed E-state index contributed by atoms with van der Waals surface area (Å²) in [4.78, 5) is 19.2. The van der Waals surface area contributed by atoms with E-state index in [1.165, 1.54) is 5.56 Å². The average Bonchev–Trinajstić information content (AvgIpc) is 3.20. The lowest BCUT2D eigenvalue weighted by Crippen LogP contribution is -2.32. The fourth-order valence-electron chi connectivity index (χ4n) is 3.60. The Morgan fingerprint density at radius 2 is 2.05 bits per heavy atom. The van der Waals surface area contributed by atoms with E-state index < -0.39 is 0 Å². The van der Waals surface area contributed by atoms with Gasteiger partial charge in [-0.05, 0) is 37.1 Å². The van der Waals surface area contributed by atoms with Gasteiger partial charge in [0.15, 0.2) is 0 Å². The number of amides is 1. The van der Waals surface area contributed by atoms with Crippen molar-refractivity contribution in [1.29, 1.82) is 0 Å². The predicted octanol–water partition coefficient (Wildman–Crippen LogP) is 2.87. The van der Waals surface area contributed by atoms with Gasteiger partial charge in [-0.2, -0.15) is 0 Å². The zero-order chi connectivity index (χ0) is 13.7. The molecule has 1 aromatic carbocycles. The van der Waals surface area contributed by atoms with Gasteiger partial charge in [0.25, 0.3) is 0 Å². The third-order valence-corrected chi connectivity index (χ3v) is 4.62. The Bertz CT molecular complexity index is 682. The van der Waals surface area contributed by atoms with Crippen LogP contribution in [0.1, 0.15) is 30.5 Å². The van der Waals surface area contributed by atoms with Crippen LogP contribution in [0.3, 0.4) is 0 Å². The Balaban J connectivity index is 1.83. The van der Waals surface area contributed by atoms with Gasteiger partial charge in [0.2, 0.25) is 5.91 Å². The molecule has 0 radical (unpaired) electrons. The second kappa shape index (κ2) is 3.92. The zero-order valence-corrected chi connectivity index (χ0v) is 11.4. The number of likely N-dealkylation sites (N-methyl/N-ethyl adjacent to an activating group) is 1. The summed E-state index contributed by atoms with van der Waals surface area (Å²) in [6, 6.07) is 14.1. The molecule has 1 aliphatic carbocycles. The molecule has 1 aliphatic heterocycles. The summed E-state index contributed by atoms with van der Waals surface area (Å²) < 4.78 is 0. The molecule has 3 heteroatoms. The molecular formula is C17H16N2O. The first-order valence-corrected chi connectivity index (χ1v) is 7.11. The minimum Gasteiger partial charge on any atom is -0.312 e. The fourth-order valence-corrected chi connectivity index (χ4v) is 3.60. The highest BCUT2D eigenvalue weighted by atomic mass is 16.2. The normalized spacial score (nSPS) is 26.9. The van der Waals surface area contributed by atoms with Crippen molar-refractivity contribution in [3.8, 4) is 0 Å². The Labute approximate surface area is 118 Å². The number of rotatable bonds is 2. The van der Waals surface area contributed by atoms with Crippen LogP contribution in [-0.4, -0.2) is 17.4 Å². The number of benzene rings is 1. The zero-order valence-electron chi connectivity index (χ0n) is 11.4. The van der Waals surface area contributed by atoms with Gasteiger partial charge in [-0.3, -0.25) is 9.78 Å². The minimum atomic E-state index is -0.346. The van der Waals surface area contributed by atoms with Crippen molar-refractivity contribution in [1.82, 2.24) is 4.98 Å². The third kappa shape index (κ3) is 1.30. The van der Waals surface area contributed by atoms with Gasteiger partial charge >= 0.3 is 0 Å². The van der Waals surface area contributed by atoms with Crippen molar-refractivity contribution in [2.75, 3.05) is 11.4 Å². The summed E-state index contributed by atoms with van der Waals surface area (Å²) in [5.41, 5.74) is 2.95. The SMILES string of the molecule is CCN1C(=O)[C@]2(C[C@@H]2c2ccccn2)c2ccccc21. The van der Waals surface area contributed by atoms with Crippen molar-refractivity contribution in [2.24, 2.45) is 0 Å². The van der Waals surface area contributed by atoms with Crippen molar-refractivity contribution < 1.29 is 4.79 Å². The number of hydrogen-bond donors (Lipinski definition) is 0. The lowest BCUT2D eigenvalue weighted by molar-refractivity contribution is -0.120. The molecule has 2 aliphatic rings. The molecule has 3 nitrogen and oxygen atoms in total. The van der Waals surface area contributed by atoms with Gasteiger partial charge in [-0.25, -0.2) is 0 Å². The van der Waals surface area contributed by atoms with Crippen LogP contribution in [0.2, 0.25) is 0 Å². The van der Waals surface area contributed by atoms with Crippen LogP contribution in [0.15, 0.2) is 48.7 Å². The Hall–Kier alpha value is -2.16. The van der Waals surface area contributed by atoms with Crippen molar-refractivity contribution in [3.63, 3.8) is 0 Å². The number of carbonyl (C=O) groups excluding carboxylic acids is 1. The highest BCUT2D eigenvalue weighted by molar-refractivity contribution is 6.11. The van der Waals surface area contributed by atoms with E-state index in [0.717, 1.165) is 24.3 Å². The third-order valence-electron chi connectivity index (χ3n) is 4.62. The van der Waals surface area contributed by atoms with Gasteiger partial charge in [0.1, 0.15) is 0 Å². The number of nitrogens with zero attached hydrogens (tertiary/aromatic N) is 2. The molecule has 0 bridgehead atoms. The van der Waals surface area contributed by atoms with Gasteiger partial charge in [-0.15, -0.1) is 0 Å². The summed E-state index contributed by atoms with van der Waals surface area (Å²) in [7, 11) is 0. The van der Waals surface area contributed by atoms with Gasteiger partial charge in [0.05, 0.1) is 5.41 Å². The van der Waals surface area contributed by atoms with Crippen LogP contribution in [-0.2, 0) is 10.2 Å². The molecule has 1 fully saturated rings. The number of pyridine rings is 1. The topological polar surface area (TPSA) is 33.2 Å². The standard InChI is InChI=1S/C17H16N2O/c1-2-19-15-9-4-3-7-12(15)17(16(19)20)11-13(17)14-8-5-6-10-18-14/h3-10,13H,2,11H2,1H3/t13-,17-/m1/s1. The maximum absolute atomic E-state index is 12.9. The number of carbonyl (C=O) groups is 1. The molecule has 100 valence electrons. The van der Waals surface area contributed by atoms with E-state index in [4.69, 9.17) is 0 Å². The van der Waals surface area contributed by atoms with E-state index in [1.807, 2.05) is 48.4 Å². The maximum Gasteiger partial charge on any atom is 0.238 e. The summed E-state index contributed by atoms with van der Waals surface area (Å²) in [6.45, 7) is 2.76. The molecule has 1 spiro atoms. The maximum atomic E-state index is 12.9. The molecule has 2 heterocycles. The van der Waals surface area contributed by atoms with Crippen molar-refractivity contribution in [3.05, 3.63) is 59.9 Å². The van der Waals surface area contributed by atoms with Crippen LogP contribution < -0.4 is 4.90 Å². The fraction of sp³-hybridized carbons (Fsp3) is 0.294. The largest absolute Gasteiger partial charge is 0.312 e. The first kappa shape index (κ1) is 11.6. The van der Waals surface area contributed by atoms with E-state index in [0.29, 0.717) is 0 Å². The Morgan fingerprint density at radius 1 is 1.25 bits per heavy atom. The summed E-state index contributed by atoms with van der Waals surface area (Å²) >= 11 is 0. The molecule has 0 N–H and O–H groups in total. The molecule has 1 saturated carbocycles. The molecule has 1 amide bonds. The molecule has 4 rings (SSSR count). The van der Waals surface area contributed by atoms with Crippen molar-refractivity contribution in [2.45, 2.75) is 24.7 Å². The second-order valence-corrected chi connectivity index (χ2v) is 5.55. The molecule has 2 atom stereocenters. The van der Waals surface area contributed by atoms with Gasteiger partial charge < -0.3 is 4.90 Å². The van der Waals surface area contributed by atoms with Crippen LogP contribution in [0.25, 0.3) is 0 Å². The quantitative estimate of drug-likeness (QED) is 0.835. The predicted molar refractivity (Wildman–Crippen MR) is 77.7 cm³/mol. The monoisotopic (exact) mass is 264 g/mol. The molecule has 0 saturated heterocycles. The molecule has 1 aromatic heterocycles. The molecule has 0 unspecified atom stereocenters. The van der Waals surface area contributed by atoms with Crippen LogP contribution in [0, 0.1) is 0 Å². The Morgan fingerprint density at radius 3 is 2.80 bits per heavy atom. The number of para-hydroxylation sites is 1. The molecule has 2 aromatic rings. The Kier molecular flexibility index (Phi) is 2.28. The minimum absolute atomic E-state index is 0.230. The smallest absolute Gasteiger partial charge is 0.238 e. The lowest BCUT2D eigenvalue weighted by atomic mass is 9.93. The highest BCUT2D eigenvalue weighted by Gasteiger charge is 2.67. The first-order valence-electron chi connectivity index (χ1n) is 7.11. The average molecular weight is 264 g/mol. The van der Waals surface area contributed by atoms with Crippen LogP contribution in [0.5, 0.6) is 0 Å². The van der Waals surface area contributed by atoms with E-state index in [1.54, 1.807) is 0 Å².